The number of ether oxygens (including phenoxy) is 1. The van der Waals surface area contributed by atoms with Crippen molar-refractivity contribution in [1.82, 2.24) is 0 Å². The van der Waals surface area contributed by atoms with E-state index in [9.17, 15) is 4.79 Å². The molecule has 1 aromatic carbocycles. The molecule has 0 fully saturated rings. The summed E-state index contributed by atoms with van der Waals surface area (Å²) in [6.07, 6.45) is 2.93. The molecule has 0 saturated carbocycles. The van der Waals surface area contributed by atoms with Gasteiger partial charge in [0.1, 0.15) is 0 Å². The van der Waals surface area contributed by atoms with Gasteiger partial charge in [-0.15, -0.1) is 0 Å². The van der Waals surface area contributed by atoms with Gasteiger partial charge in [-0.05, 0) is 30.9 Å². The van der Waals surface area contributed by atoms with E-state index in [2.05, 4.69) is 12.2 Å². The number of nitrogens with one attached hydrogen (secondary N) is 1. The summed E-state index contributed by atoms with van der Waals surface area (Å²) in [5, 5.41) is 3.51. The highest BCUT2D eigenvalue weighted by Crippen LogP contribution is 2.34. The largest absolute Gasteiger partial charge is 0.469 e. The minimum Gasteiger partial charge on any atom is -0.469 e. The van der Waals surface area contributed by atoms with Crippen molar-refractivity contribution < 1.29 is 9.53 Å². The van der Waals surface area contributed by atoms with E-state index in [1.54, 1.807) is 0 Å². The van der Waals surface area contributed by atoms with Gasteiger partial charge in [0.15, 0.2) is 0 Å². The Balaban J connectivity index is 2.35. The second-order valence-corrected chi connectivity index (χ2v) is 4.49. The molecule has 0 radical (unpaired) electrons. The summed E-state index contributed by atoms with van der Waals surface area (Å²) in [7, 11) is 1.46. The molecular weight excluding hydrogens is 214 g/mol. The van der Waals surface area contributed by atoms with Crippen LogP contribution in [0.25, 0.3) is 0 Å². The van der Waals surface area contributed by atoms with Gasteiger partial charge in [-0.3, -0.25) is 4.79 Å². The highest BCUT2D eigenvalue weighted by atomic mass is 16.5. The zero-order valence-corrected chi connectivity index (χ0v) is 10.4. The Morgan fingerprint density at radius 2 is 2.18 bits per heavy atom. The Hall–Kier alpha value is -1.51. The van der Waals surface area contributed by atoms with Crippen LogP contribution in [-0.2, 0) is 9.53 Å². The van der Waals surface area contributed by atoms with Gasteiger partial charge in [0.05, 0.1) is 13.0 Å². The Morgan fingerprint density at radius 3 is 2.88 bits per heavy atom. The molecule has 0 spiro atoms. The van der Waals surface area contributed by atoms with Crippen LogP contribution in [0.5, 0.6) is 0 Å². The van der Waals surface area contributed by atoms with E-state index in [0.29, 0.717) is 6.04 Å². The molecule has 1 aliphatic heterocycles. The maximum absolute atomic E-state index is 11.8. The molecule has 1 N–H and O–H groups in total. The topological polar surface area (TPSA) is 38.3 Å². The van der Waals surface area contributed by atoms with Crippen molar-refractivity contribution in [3.63, 3.8) is 0 Å². The van der Waals surface area contributed by atoms with Crippen molar-refractivity contribution in [2.75, 3.05) is 12.4 Å². The third kappa shape index (κ3) is 2.43. The van der Waals surface area contributed by atoms with Crippen molar-refractivity contribution in [2.24, 2.45) is 0 Å². The predicted octanol–water partition coefficient (Wildman–Crippen LogP) is 2.93. The quantitative estimate of drug-likeness (QED) is 0.798. The molecule has 92 valence electrons. The lowest BCUT2D eigenvalue weighted by Crippen LogP contribution is -2.16. The van der Waals surface area contributed by atoms with E-state index in [4.69, 9.17) is 4.74 Å². The Kier molecular flexibility index (Phi) is 3.67. The first-order valence-corrected chi connectivity index (χ1v) is 6.19. The lowest BCUT2D eigenvalue weighted by atomic mass is 9.93. The van der Waals surface area contributed by atoms with Crippen LogP contribution in [-0.4, -0.2) is 19.1 Å². The zero-order valence-electron chi connectivity index (χ0n) is 10.4. The summed E-state index contributed by atoms with van der Waals surface area (Å²) in [6.45, 7) is 2.17. The van der Waals surface area contributed by atoms with Crippen molar-refractivity contribution in [3.8, 4) is 0 Å². The third-order valence-corrected chi connectivity index (χ3v) is 3.48. The third-order valence-electron chi connectivity index (χ3n) is 3.48. The lowest BCUT2D eigenvalue weighted by Gasteiger charge is -2.15. The number of hydrogen-bond acceptors (Lipinski definition) is 3. The maximum Gasteiger partial charge on any atom is 0.313 e. The number of fused-ring (bicyclic) bond motifs is 1. The summed E-state index contributed by atoms with van der Waals surface area (Å²) in [4.78, 5) is 11.8. The average molecular weight is 233 g/mol. The number of esters is 1. The number of para-hydroxylation sites is 1. The maximum atomic E-state index is 11.8. The number of hydrogen-bond donors (Lipinski definition) is 1. The number of carbonyl (C=O) groups is 1. The van der Waals surface area contributed by atoms with Crippen molar-refractivity contribution in [3.05, 3.63) is 29.8 Å². The Labute approximate surface area is 102 Å². The van der Waals surface area contributed by atoms with E-state index in [0.717, 1.165) is 30.5 Å². The molecule has 1 aromatic rings. The standard InChI is InChI=1S/C14H19NO2/c1-3-10-8-9-12(14(16)17-2)11-6-4-5-7-13(11)15-10/h4-7,10,12,15H,3,8-9H2,1-2H3/t10-,12+/m1/s1. The summed E-state index contributed by atoms with van der Waals surface area (Å²) >= 11 is 0. The normalized spacial score (nSPS) is 23.2. The summed E-state index contributed by atoms with van der Waals surface area (Å²) in [5.74, 6) is -0.253. The molecule has 0 aliphatic carbocycles. The monoisotopic (exact) mass is 233 g/mol. The molecule has 0 unspecified atom stereocenters. The number of methoxy groups -OCH3 is 1. The Morgan fingerprint density at radius 1 is 1.41 bits per heavy atom. The molecule has 0 bridgehead atoms. The van der Waals surface area contributed by atoms with E-state index in [1.807, 2.05) is 24.3 Å². The van der Waals surface area contributed by atoms with Crippen LogP contribution in [0.2, 0.25) is 0 Å². The molecule has 17 heavy (non-hydrogen) atoms. The van der Waals surface area contributed by atoms with Crippen molar-refractivity contribution in [1.29, 1.82) is 0 Å². The van der Waals surface area contributed by atoms with Gasteiger partial charge in [0.2, 0.25) is 0 Å². The van der Waals surface area contributed by atoms with Gasteiger partial charge in [0, 0.05) is 11.7 Å². The van der Waals surface area contributed by atoms with E-state index >= 15 is 0 Å². The smallest absolute Gasteiger partial charge is 0.313 e. The predicted molar refractivity (Wildman–Crippen MR) is 68.1 cm³/mol. The fourth-order valence-electron chi connectivity index (χ4n) is 2.44. The number of carbonyl (C=O) groups excluding carboxylic acids is 1. The number of benzene rings is 1. The van der Waals surface area contributed by atoms with Gasteiger partial charge < -0.3 is 10.1 Å². The van der Waals surface area contributed by atoms with Gasteiger partial charge in [-0.25, -0.2) is 0 Å². The average Bonchev–Trinajstić information content (AvgIpc) is 2.56. The van der Waals surface area contributed by atoms with Gasteiger partial charge in [0.25, 0.3) is 0 Å². The first-order chi connectivity index (χ1) is 8.26. The minimum absolute atomic E-state index is 0.125. The highest BCUT2D eigenvalue weighted by molar-refractivity contribution is 5.81. The van der Waals surface area contributed by atoms with Crippen LogP contribution >= 0.6 is 0 Å². The molecule has 2 atom stereocenters. The molecule has 3 nitrogen and oxygen atoms in total. The molecule has 0 amide bonds. The molecule has 3 heteroatoms. The van der Waals surface area contributed by atoms with Crippen LogP contribution in [0, 0.1) is 0 Å². The van der Waals surface area contributed by atoms with Gasteiger partial charge in [-0.1, -0.05) is 25.1 Å². The van der Waals surface area contributed by atoms with E-state index in [-0.39, 0.29) is 11.9 Å². The molecule has 1 heterocycles. The van der Waals surface area contributed by atoms with Crippen molar-refractivity contribution >= 4 is 11.7 Å². The summed E-state index contributed by atoms with van der Waals surface area (Å²) in [5.41, 5.74) is 2.14. The zero-order chi connectivity index (χ0) is 12.3. The Bertz CT molecular complexity index is 403. The van der Waals surface area contributed by atoms with Gasteiger partial charge >= 0.3 is 5.97 Å². The van der Waals surface area contributed by atoms with Crippen LogP contribution in [0.4, 0.5) is 5.69 Å². The lowest BCUT2D eigenvalue weighted by molar-refractivity contribution is -0.142. The van der Waals surface area contributed by atoms with Crippen LogP contribution in [0.3, 0.4) is 0 Å². The SMILES string of the molecule is CC[C@@H]1CC[C@H](C(=O)OC)c2ccccc2N1. The first kappa shape index (κ1) is 12.0. The van der Waals surface area contributed by atoms with Crippen LogP contribution in [0.1, 0.15) is 37.7 Å². The molecule has 1 aliphatic rings. The highest BCUT2D eigenvalue weighted by Gasteiger charge is 2.28. The van der Waals surface area contributed by atoms with Crippen molar-refractivity contribution in [2.45, 2.75) is 38.1 Å². The minimum atomic E-state index is -0.129. The number of anilines is 1. The van der Waals surface area contributed by atoms with Crippen LogP contribution < -0.4 is 5.32 Å². The molecular formula is C14H19NO2. The van der Waals surface area contributed by atoms with E-state index < -0.39 is 0 Å². The first-order valence-electron chi connectivity index (χ1n) is 6.19. The summed E-state index contributed by atoms with van der Waals surface area (Å²) in [6, 6.07) is 8.48. The molecule has 2 rings (SSSR count). The fraction of sp³-hybridized carbons (Fsp3) is 0.500. The number of rotatable bonds is 2. The molecule has 0 aromatic heterocycles. The second kappa shape index (κ2) is 5.21. The summed E-state index contributed by atoms with van der Waals surface area (Å²) < 4.78 is 4.90. The van der Waals surface area contributed by atoms with E-state index in [1.165, 1.54) is 7.11 Å². The second-order valence-electron chi connectivity index (χ2n) is 4.49. The van der Waals surface area contributed by atoms with Crippen LogP contribution in [0.15, 0.2) is 24.3 Å². The molecule has 0 saturated heterocycles. The van der Waals surface area contributed by atoms with Gasteiger partial charge in [-0.2, -0.15) is 0 Å². The fourth-order valence-corrected chi connectivity index (χ4v) is 2.44.